The monoisotopic (exact) mass is 370 g/mol. The predicted molar refractivity (Wildman–Crippen MR) is 95.0 cm³/mol. The van der Waals surface area contributed by atoms with E-state index < -0.39 is 5.97 Å². The Balaban J connectivity index is 1.72. The van der Waals surface area contributed by atoms with Crippen molar-refractivity contribution in [1.29, 1.82) is 0 Å². The lowest BCUT2D eigenvalue weighted by atomic mass is 10.2. The number of hydrogen-bond acceptors (Lipinski definition) is 8. The van der Waals surface area contributed by atoms with Crippen LogP contribution < -0.4 is 14.2 Å². The first-order valence-corrected chi connectivity index (χ1v) is 8.01. The van der Waals surface area contributed by atoms with E-state index in [1.807, 2.05) is 0 Å². The van der Waals surface area contributed by atoms with E-state index in [0.717, 1.165) is 0 Å². The standard InChI is InChI=1S/C19H18N2O6/c1-23-12-8-9-13(16(10-12)25-3)18-20-17(27-21-18)11-26-19(22)14-6-4-5-7-15(14)24-2/h4-10H,11H2,1-3H3. The molecule has 0 bridgehead atoms. The molecule has 3 aromatic rings. The lowest BCUT2D eigenvalue weighted by molar-refractivity contribution is 0.0426. The first-order chi connectivity index (χ1) is 13.2. The summed E-state index contributed by atoms with van der Waals surface area (Å²) in [5, 5.41) is 3.91. The summed E-state index contributed by atoms with van der Waals surface area (Å²) in [6.07, 6.45) is 0. The van der Waals surface area contributed by atoms with Crippen molar-refractivity contribution in [3.05, 3.63) is 53.9 Å². The molecule has 2 aromatic carbocycles. The number of hydrogen-bond donors (Lipinski definition) is 0. The molecule has 0 saturated heterocycles. The minimum absolute atomic E-state index is 0.158. The third kappa shape index (κ3) is 4.00. The fourth-order valence-electron chi connectivity index (χ4n) is 2.42. The first-order valence-electron chi connectivity index (χ1n) is 8.01. The quantitative estimate of drug-likeness (QED) is 0.586. The van der Waals surface area contributed by atoms with E-state index in [2.05, 4.69) is 10.1 Å². The molecule has 0 atom stereocenters. The normalized spacial score (nSPS) is 10.3. The molecule has 0 radical (unpaired) electrons. The molecule has 0 fully saturated rings. The third-order valence-corrected chi connectivity index (χ3v) is 3.77. The number of carbonyl (C=O) groups is 1. The zero-order valence-corrected chi connectivity index (χ0v) is 15.1. The zero-order valence-electron chi connectivity index (χ0n) is 15.1. The number of nitrogens with zero attached hydrogens (tertiary/aromatic N) is 2. The van der Waals surface area contributed by atoms with E-state index in [1.54, 1.807) is 49.6 Å². The Morgan fingerprint density at radius 2 is 1.78 bits per heavy atom. The summed E-state index contributed by atoms with van der Waals surface area (Å²) in [7, 11) is 4.59. The van der Waals surface area contributed by atoms with Crippen LogP contribution in [0.1, 0.15) is 16.2 Å². The number of aromatic nitrogens is 2. The van der Waals surface area contributed by atoms with Gasteiger partial charge in [0, 0.05) is 6.07 Å². The molecule has 1 aromatic heterocycles. The van der Waals surface area contributed by atoms with Gasteiger partial charge in [0.15, 0.2) is 6.61 Å². The average Bonchev–Trinajstić information content (AvgIpc) is 3.20. The van der Waals surface area contributed by atoms with Crippen LogP contribution in [-0.2, 0) is 11.3 Å². The van der Waals surface area contributed by atoms with Crippen molar-refractivity contribution in [3.63, 3.8) is 0 Å². The maximum atomic E-state index is 12.2. The molecule has 3 rings (SSSR count). The summed E-state index contributed by atoms with van der Waals surface area (Å²) in [4.78, 5) is 16.5. The lowest BCUT2D eigenvalue weighted by Crippen LogP contribution is -2.07. The van der Waals surface area contributed by atoms with Crippen LogP contribution in [0.5, 0.6) is 17.2 Å². The fourth-order valence-corrected chi connectivity index (χ4v) is 2.42. The largest absolute Gasteiger partial charge is 0.497 e. The van der Waals surface area contributed by atoms with Gasteiger partial charge in [-0.05, 0) is 24.3 Å². The van der Waals surface area contributed by atoms with Gasteiger partial charge in [-0.1, -0.05) is 17.3 Å². The highest BCUT2D eigenvalue weighted by atomic mass is 16.6. The van der Waals surface area contributed by atoms with Crippen LogP contribution in [0.3, 0.4) is 0 Å². The molecule has 0 unspecified atom stereocenters. The highest BCUT2D eigenvalue weighted by Gasteiger charge is 2.17. The summed E-state index contributed by atoms with van der Waals surface area (Å²) in [5.41, 5.74) is 0.945. The Bertz CT molecular complexity index is 937. The highest BCUT2D eigenvalue weighted by molar-refractivity contribution is 5.92. The molecule has 140 valence electrons. The van der Waals surface area contributed by atoms with Gasteiger partial charge in [-0.25, -0.2) is 4.79 Å². The highest BCUT2D eigenvalue weighted by Crippen LogP contribution is 2.31. The van der Waals surface area contributed by atoms with Crippen molar-refractivity contribution in [2.24, 2.45) is 0 Å². The fraction of sp³-hybridized carbons (Fsp3) is 0.211. The third-order valence-electron chi connectivity index (χ3n) is 3.77. The molecule has 0 spiro atoms. The molecule has 0 aliphatic heterocycles. The van der Waals surface area contributed by atoms with Crippen LogP contribution in [0.4, 0.5) is 0 Å². The van der Waals surface area contributed by atoms with Gasteiger partial charge < -0.3 is 23.5 Å². The molecule has 8 nitrogen and oxygen atoms in total. The molecule has 8 heteroatoms. The molecule has 0 saturated carbocycles. The molecule has 0 amide bonds. The Kier molecular flexibility index (Phi) is 5.55. The van der Waals surface area contributed by atoms with Gasteiger partial charge in [0.2, 0.25) is 5.82 Å². The smallest absolute Gasteiger partial charge is 0.342 e. The van der Waals surface area contributed by atoms with E-state index in [1.165, 1.54) is 14.2 Å². The SMILES string of the molecule is COc1ccc(-c2noc(COC(=O)c3ccccc3OC)n2)c(OC)c1. The Labute approximate surface area is 155 Å². The van der Waals surface area contributed by atoms with Crippen molar-refractivity contribution in [3.8, 4) is 28.6 Å². The van der Waals surface area contributed by atoms with Gasteiger partial charge in [0.05, 0.1) is 26.9 Å². The summed E-state index contributed by atoms with van der Waals surface area (Å²) in [6, 6.07) is 12.0. The minimum atomic E-state index is -0.547. The zero-order chi connectivity index (χ0) is 19.2. The van der Waals surface area contributed by atoms with Crippen molar-refractivity contribution in [2.75, 3.05) is 21.3 Å². The molecule has 27 heavy (non-hydrogen) atoms. The van der Waals surface area contributed by atoms with Crippen LogP contribution in [0.25, 0.3) is 11.4 Å². The van der Waals surface area contributed by atoms with Crippen LogP contribution in [-0.4, -0.2) is 37.4 Å². The van der Waals surface area contributed by atoms with Gasteiger partial charge in [-0.3, -0.25) is 0 Å². The summed E-state index contributed by atoms with van der Waals surface area (Å²) in [5.74, 6) is 1.53. The predicted octanol–water partition coefficient (Wildman–Crippen LogP) is 3.12. The van der Waals surface area contributed by atoms with E-state index >= 15 is 0 Å². The van der Waals surface area contributed by atoms with Gasteiger partial charge in [0.1, 0.15) is 22.8 Å². The minimum Gasteiger partial charge on any atom is -0.497 e. The molecular weight excluding hydrogens is 352 g/mol. The van der Waals surface area contributed by atoms with Crippen molar-refractivity contribution >= 4 is 5.97 Å². The molecule has 0 aliphatic carbocycles. The Morgan fingerprint density at radius 1 is 1.00 bits per heavy atom. The number of esters is 1. The van der Waals surface area contributed by atoms with Crippen LogP contribution in [0.2, 0.25) is 0 Å². The molecule has 0 aliphatic rings. The van der Waals surface area contributed by atoms with E-state index in [9.17, 15) is 4.79 Å². The van der Waals surface area contributed by atoms with Gasteiger partial charge >= 0.3 is 5.97 Å². The first kappa shape index (κ1) is 18.2. The average molecular weight is 370 g/mol. The summed E-state index contributed by atoms with van der Waals surface area (Å²) < 4.78 is 26.0. The maximum Gasteiger partial charge on any atom is 0.342 e. The molecule has 1 heterocycles. The van der Waals surface area contributed by atoms with E-state index in [-0.39, 0.29) is 12.5 Å². The summed E-state index contributed by atoms with van der Waals surface area (Å²) >= 11 is 0. The van der Waals surface area contributed by atoms with Crippen molar-refractivity contribution < 1.29 is 28.3 Å². The maximum absolute atomic E-state index is 12.2. The van der Waals surface area contributed by atoms with Gasteiger partial charge in [-0.2, -0.15) is 4.98 Å². The molecular formula is C19H18N2O6. The second-order valence-electron chi connectivity index (χ2n) is 5.35. The van der Waals surface area contributed by atoms with Crippen LogP contribution in [0.15, 0.2) is 47.0 Å². The van der Waals surface area contributed by atoms with Gasteiger partial charge in [0.25, 0.3) is 5.89 Å². The van der Waals surface area contributed by atoms with E-state index in [4.69, 9.17) is 23.5 Å². The lowest BCUT2D eigenvalue weighted by Gasteiger charge is -2.07. The topological polar surface area (TPSA) is 92.9 Å². The number of benzene rings is 2. The van der Waals surface area contributed by atoms with Crippen LogP contribution in [0, 0.1) is 0 Å². The summed E-state index contributed by atoms with van der Waals surface area (Å²) in [6.45, 7) is -0.164. The molecule has 0 N–H and O–H groups in total. The Hall–Kier alpha value is -3.55. The van der Waals surface area contributed by atoms with Gasteiger partial charge in [-0.15, -0.1) is 0 Å². The second kappa shape index (κ2) is 8.22. The number of carbonyl (C=O) groups excluding carboxylic acids is 1. The number of para-hydroxylation sites is 1. The van der Waals surface area contributed by atoms with E-state index in [0.29, 0.717) is 34.2 Å². The number of methoxy groups -OCH3 is 3. The number of rotatable bonds is 7. The van der Waals surface area contributed by atoms with Crippen molar-refractivity contribution in [2.45, 2.75) is 6.61 Å². The van der Waals surface area contributed by atoms with Crippen LogP contribution >= 0.6 is 0 Å². The van der Waals surface area contributed by atoms with Crippen molar-refractivity contribution in [1.82, 2.24) is 10.1 Å². The Morgan fingerprint density at radius 3 is 2.52 bits per heavy atom. The second-order valence-corrected chi connectivity index (χ2v) is 5.35. The number of ether oxygens (including phenoxy) is 4.